The largest absolute Gasteiger partial charge is 0.479 e. The van der Waals surface area contributed by atoms with Gasteiger partial charge < -0.3 is 9.84 Å². The average molecular weight is 263 g/mol. The summed E-state index contributed by atoms with van der Waals surface area (Å²) < 4.78 is 7.26. The Bertz CT molecular complexity index is 339. The Morgan fingerprint density at radius 3 is 2.86 bits per heavy atom. The predicted octanol–water partition coefficient (Wildman–Crippen LogP) is 1.14. The monoisotopic (exact) mass is 262 g/mol. The van der Waals surface area contributed by atoms with Crippen LogP contribution in [0.4, 0.5) is 0 Å². The van der Waals surface area contributed by atoms with Gasteiger partial charge in [0.05, 0.1) is 17.2 Å². The molecule has 0 aliphatic heterocycles. The summed E-state index contributed by atoms with van der Waals surface area (Å²) in [5, 5.41) is 12.9. The Labute approximate surface area is 89.8 Å². The van der Waals surface area contributed by atoms with Crippen LogP contribution in [0, 0.1) is 0 Å². The minimum absolute atomic E-state index is 0.171. The molecule has 0 aliphatic carbocycles. The molecule has 1 unspecified atom stereocenters. The molecule has 0 fully saturated rings. The quantitative estimate of drug-likeness (QED) is 0.884. The van der Waals surface area contributed by atoms with Gasteiger partial charge in [-0.1, -0.05) is 0 Å². The van der Waals surface area contributed by atoms with E-state index >= 15 is 0 Å². The molecule has 0 radical (unpaired) electrons. The molecule has 0 spiro atoms. The fourth-order valence-corrected chi connectivity index (χ4v) is 1.28. The van der Waals surface area contributed by atoms with Crippen molar-refractivity contribution in [2.75, 3.05) is 7.11 Å². The molecular formula is C8H11BrN2O3. The summed E-state index contributed by atoms with van der Waals surface area (Å²) in [6, 6.07) is 0. The van der Waals surface area contributed by atoms with Gasteiger partial charge in [0.15, 0.2) is 5.60 Å². The highest BCUT2D eigenvalue weighted by Crippen LogP contribution is 2.14. The highest BCUT2D eigenvalue weighted by Gasteiger charge is 2.33. The summed E-state index contributed by atoms with van der Waals surface area (Å²) in [4.78, 5) is 10.9. The highest BCUT2D eigenvalue weighted by atomic mass is 79.9. The fourth-order valence-electron chi connectivity index (χ4n) is 0.953. The van der Waals surface area contributed by atoms with Crippen LogP contribution >= 0.6 is 15.9 Å². The first kappa shape index (κ1) is 11.2. The number of hydrogen-bond donors (Lipinski definition) is 1. The lowest BCUT2D eigenvalue weighted by Crippen LogP contribution is -2.41. The number of hydrogen-bond acceptors (Lipinski definition) is 3. The summed E-state index contributed by atoms with van der Waals surface area (Å²) in [6.07, 6.45) is 3.29. The van der Waals surface area contributed by atoms with Crippen LogP contribution in [0.25, 0.3) is 0 Å². The molecule has 0 amide bonds. The molecule has 1 N–H and O–H groups in total. The third-order valence-corrected chi connectivity index (χ3v) is 2.38. The van der Waals surface area contributed by atoms with E-state index in [9.17, 15) is 4.79 Å². The van der Waals surface area contributed by atoms with Gasteiger partial charge in [0, 0.05) is 13.3 Å². The van der Waals surface area contributed by atoms with E-state index in [0.717, 1.165) is 4.47 Å². The number of nitrogens with zero attached hydrogens (tertiary/aromatic N) is 2. The molecule has 1 atom stereocenters. The Kier molecular flexibility index (Phi) is 3.28. The highest BCUT2D eigenvalue weighted by molar-refractivity contribution is 9.10. The van der Waals surface area contributed by atoms with Crippen LogP contribution in [0.2, 0.25) is 0 Å². The van der Waals surface area contributed by atoms with Gasteiger partial charge in [-0.15, -0.1) is 0 Å². The second-order valence-electron chi connectivity index (χ2n) is 3.10. The van der Waals surface area contributed by atoms with Gasteiger partial charge in [-0.25, -0.2) is 4.79 Å². The van der Waals surface area contributed by atoms with Crippen molar-refractivity contribution < 1.29 is 14.6 Å². The average Bonchev–Trinajstić information content (AvgIpc) is 2.50. The van der Waals surface area contributed by atoms with Crippen molar-refractivity contribution in [2.24, 2.45) is 0 Å². The van der Waals surface area contributed by atoms with Crippen LogP contribution in [-0.4, -0.2) is 33.6 Å². The summed E-state index contributed by atoms with van der Waals surface area (Å²) in [6.45, 7) is 1.68. The molecule has 6 heteroatoms. The van der Waals surface area contributed by atoms with Gasteiger partial charge >= 0.3 is 5.97 Å². The van der Waals surface area contributed by atoms with E-state index in [1.165, 1.54) is 18.7 Å². The Balaban J connectivity index is 2.80. The smallest absolute Gasteiger partial charge is 0.337 e. The second-order valence-corrected chi connectivity index (χ2v) is 4.01. The maximum Gasteiger partial charge on any atom is 0.337 e. The van der Waals surface area contributed by atoms with Crippen molar-refractivity contribution in [3.8, 4) is 0 Å². The third-order valence-electron chi connectivity index (χ3n) is 1.97. The first-order valence-corrected chi connectivity index (χ1v) is 4.74. The number of halogens is 1. The molecule has 1 aromatic rings. The van der Waals surface area contributed by atoms with Gasteiger partial charge in [0.1, 0.15) is 0 Å². The minimum Gasteiger partial charge on any atom is -0.479 e. The first-order valence-electron chi connectivity index (χ1n) is 3.94. The fraction of sp³-hybridized carbons (Fsp3) is 0.500. The number of methoxy groups -OCH3 is 1. The standard InChI is InChI=1S/C8H11BrN2O3/c1-8(14-2,7(12)13)5-11-4-6(9)3-10-11/h3-4H,5H2,1-2H3,(H,12,13). The number of aliphatic carboxylic acids is 1. The maximum absolute atomic E-state index is 10.9. The van der Waals surface area contributed by atoms with Crippen LogP contribution in [-0.2, 0) is 16.1 Å². The molecule has 5 nitrogen and oxygen atoms in total. The minimum atomic E-state index is -1.24. The number of carboxylic acid groups (broad SMARTS) is 1. The van der Waals surface area contributed by atoms with Gasteiger partial charge in [-0.3, -0.25) is 4.68 Å². The molecule has 1 heterocycles. The zero-order valence-corrected chi connectivity index (χ0v) is 9.48. The van der Waals surface area contributed by atoms with E-state index in [-0.39, 0.29) is 6.54 Å². The molecule has 1 aromatic heterocycles. The van der Waals surface area contributed by atoms with Gasteiger partial charge in [-0.2, -0.15) is 5.10 Å². The van der Waals surface area contributed by atoms with E-state index in [0.29, 0.717) is 0 Å². The third kappa shape index (κ3) is 2.33. The lowest BCUT2D eigenvalue weighted by molar-refractivity contribution is -0.162. The van der Waals surface area contributed by atoms with Crippen LogP contribution in [0.3, 0.4) is 0 Å². The zero-order chi connectivity index (χ0) is 10.8. The van der Waals surface area contributed by atoms with Crippen molar-refractivity contribution >= 4 is 21.9 Å². The Morgan fingerprint density at radius 2 is 2.50 bits per heavy atom. The van der Waals surface area contributed by atoms with E-state index < -0.39 is 11.6 Å². The van der Waals surface area contributed by atoms with Gasteiger partial charge in [-0.05, 0) is 22.9 Å². The van der Waals surface area contributed by atoms with Crippen molar-refractivity contribution in [3.63, 3.8) is 0 Å². The zero-order valence-electron chi connectivity index (χ0n) is 7.90. The molecule has 0 aromatic carbocycles. The van der Waals surface area contributed by atoms with Crippen molar-refractivity contribution in [1.29, 1.82) is 0 Å². The molecule has 0 bridgehead atoms. The molecule has 14 heavy (non-hydrogen) atoms. The number of ether oxygens (including phenoxy) is 1. The summed E-state index contributed by atoms with van der Waals surface area (Å²) in [5.41, 5.74) is -1.24. The van der Waals surface area contributed by atoms with Gasteiger partial charge in [0.2, 0.25) is 0 Å². The van der Waals surface area contributed by atoms with E-state index in [2.05, 4.69) is 21.0 Å². The molecule has 1 rings (SSSR count). The van der Waals surface area contributed by atoms with E-state index in [4.69, 9.17) is 9.84 Å². The van der Waals surface area contributed by atoms with E-state index in [1.807, 2.05) is 0 Å². The number of rotatable bonds is 4. The molecule has 0 saturated heterocycles. The van der Waals surface area contributed by atoms with Crippen LogP contribution < -0.4 is 0 Å². The topological polar surface area (TPSA) is 64.4 Å². The number of aromatic nitrogens is 2. The van der Waals surface area contributed by atoms with Crippen molar-refractivity contribution in [1.82, 2.24) is 9.78 Å². The SMILES string of the molecule is COC(C)(Cn1cc(Br)cn1)C(=O)O. The van der Waals surface area contributed by atoms with Crippen molar-refractivity contribution in [2.45, 2.75) is 19.1 Å². The van der Waals surface area contributed by atoms with Crippen LogP contribution in [0.15, 0.2) is 16.9 Å². The normalized spacial score (nSPS) is 15.1. The molecule has 78 valence electrons. The molecule has 0 aliphatic rings. The Morgan fingerprint density at radius 1 is 1.86 bits per heavy atom. The summed E-state index contributed by atoms with van der Waals surface area (Å²) >= 11 is 3.23. The summed E-state index contributed by atoms with van der Waals surface area (Å²) in [7, 11) is 1.37. The molecular weight excluding hydrogens is 252 g/mol. The number of carbonyl (C=O) groups is 1. The predicted molar refractivity (Wildman–Crippen MR) is 53.0 cm³/mol. The van der Waals surface area contributed by atoms with Crippen LogP contribution in [0.1, 0.15) is 6.92 Å². The van der Waals surface area contributed by atoms with Gasteiger partial charge in [0.25, 0.3) is 0 Å². The van der Waals surface area contributed by atoms with Crippen molar-refractivity contribution in [3.05, 3.63) is 16.9 Å². The molecule has 0 saturated carbocycles. The maximum atomic E-state index is 10.9. The van der Waals surface area contributed by atoms with E-state index in [1.54, 1.807) is 12.4 Å². The first-order chi connectivity index (χ1) is 6.48. The lowest BCUT2D eigenvalue weighted by Gasteiger charge is -2.22. The lowest BCUT2D eigenvalue weighted by atomic mass is 10.1. The van der Waals surface area contributed by atoms with Crippen LogP contribution in [0.5, 0.6) is 0 Å². The summed E-state index contributed by atoms with van der Waals surface area (Å²) in [5.74, 6) is -1.01. The number of carboxylic acids is 1. The second kappa shape index (κ2) is 4.10. The Hall–Kier alpha value is -0.880.